The molecule has 2 aliphatic rings. The number of carbonyl (C=O) groups is 2. The molecule has 4 N–H and O–H groups in total. The van der Waals surface area contributed by atoms with Gasteiger partial charge in [-0.1, -0.05) is 0 Å². The van der Waals surface area contributed by atoms with Crippen LogP contribution in [0, 0.1) is 5.41 Å². The molecule has 2 fully saturated rings. The van der Waals surface area contributed by atoms with E-state index in [1.54, 1.807) is 4.90 Å². The van der Waals surface area contributed by atoms with E-state index in [4.69, 9.17) is 15.9 Å². The normalized spacial score (nSPS) is 21.7. The highest BCUT2D eigenvalue weighted by Gasteiger charge is 2.35. The van der Waals surface area contributed by atoms with Gasteiger partial charge in [-0.05, 0) is 0 Å². The van der Waals surface area contributed by atoms with Gasteiger partial charge in [-0.3, -0.25) is 20.0 Å². The third-order valence-electron chi connectivity index (χ3n) is 4.34. The zero-order valence-electron chi connectivity index (χ0n) is 13.6. The molecule has 1 atom stereocenters. The molecule has 0 radical (unpaired) electrons. The Morgan fingerprint density at radius 2 is 1.78 bits per heavy atom. The fourth-order valence-corrected chi connectivity index (χ4v) is 2.99. The first-order chi connectivity index (χ1) is 11.0. The lowest BCUT2D eigenvalue weighted by atomic mass is 10.1. The lowest BCUT2D eigenvalue weighted by Gasteiger charge is -2.36. The van der Waals surface area contributed by atoms with Crippen molar-refractivity contribution in [3.63, 3.8) is 0 Å². The number of rotatable bonds is 5. The molecule has 2 saturated heterocycles. The number of ether oxygens (including phenoxy) is 1. The maximum absolute atomic E-state index is 12.6. The average molecular weight is 326 g/mol. The Morgan fingerprint density at radius 3 is 2.30 bits per heavy atom. The quantitative estimate of drug-likeness (QED) is 0.220. The second-order valence-electron chi connectivity index (χ2n) is 5.83. The van der Waals surface area contributed by atoms with Gasteiger partial charge in [-0.25, -0.2) is 4.79 Å². The van der Waals surface area contributed by atoms with Gasteiger partial charge in [0.1, 0.15) is 0 Å². The van der Waals surface area contributed by atoms with E-state index in [0.717, 1.165) is 13.1 Å². The number of carbonyl (C=O) groups excluding carboxylic acids is 2. The topological polar surface area (TPSA) is 115 Å². The van der Waals surface area contributed by atoms with Crippen molar-refractivity contribution < 1.29 is 14.3 Å². The van der Waals surface area contributed by atoms with E-state index < -0.39 is 12.0 Å². The monoisotopic (exact) mass is 326 g/mol. The fraction of sp³-hybridized carbons (Fsp3) is 0.786. The lowest BCUT2D eigenvalue weighted by Crippen LogP contribution is -2.58. The summed E-state index contributed by atoms with van der Waals surface area (Å²) in [7, 11) is 1.32. The van der Waals surface area contributed by atoms with E-state index in [1.165, 1.54) is 7.11 Å². The minimum Gasteiger partial charge on any atom is -0.468 e. The van der Waals surface area contributed by atoms with Gasteiger partial charge in [0.25, 0.3) is 0 Å². The molecular weight excluding hydrogens is 300 g/mol. The molecule has 0 spiro atoms. The highest BCUT2D eigenvalue weighted by atomic mass is 16.5. The molecule has 0 aromatic carbocycles. The van der Waals surface area contributed by atoms with Crippen molar-refractivity contribution in [3.05, 3.63) is 0 Å². The molecule has 2 heterocycles. The predicted octanol–water partition coefficient (Wildman–Crippen LogP) is -2.49. The summed E-state index contributed by atoms with van der Waals surface area (Å²) in [5, 5.41) is 10.6. The van der Waals surface area contributed by atoms with Gasteiger partial charge in [-0.15, -0.1) is 0 Å². The second-order valence-corrected chi connectivity index (χ2v) is 5.83. The van der Waals surface area contributed by atoms with E-state index in [0.29, 0.717) is 39.3 Å². The number of ketones is 1. The lowest BCUT2D eigenvalue weighted by molar-refractivity contribution is -0.152. The Labute approximate surface area is 136 Å². The number of nitrogens with zero attached hydrogens (tertiary/aromatic N) is 3. The number of Topliss-reactive ketones (excluding diaryl/α,β-unsaturated/α-hetero) is 1. The number of hydrogen-bond acceptors (Lipinski definition) is 7. The number of nitrogens with two attached hydrogens (primary N) is 1. The molecule has 0 aliphatic carbocycles. The SMILES string of the molecule is COC(=O)C(C(=O)CN1CCN(C(=N)N)CC1)N1CCNCC1. The van der Waals surface area contributed by atoms with Gasteiger partial charge >= 0.3 is 5.97 Å². The summed E-state index contributed by atoms with van der Waals surface area (Å²) < 4.78 is 4.83. The Hall–Kier alpha value is -1.71. The highest BCUT2D eigenvalue weighted by molar-refractivity contribution is 6.04. The summed E-state index contributed by atoms with van der Waals surface area (Å²) in [6.45, 7) is 5.61. The van der Waals surface area contributed by atoms with Crippen molar-refractivity contribution in [1.82, 2.24) is 20.0 Å². The molecule has 2 aliphatic heterocycles. The zero-order valence-corrected chi connectivity index (χ0v) is 13.6. The molecular formula is C14H26N6O3. The number of nitrogens with one attached hydrogen (secondary N) is 2. The van der Waals surface area contributed by atoms with E-state index in [1.807, 2.05) is 9.80 Å². The van der Waals surface area contributed by atoms with Gasteiger partial charge in [-0.2, -0.15) is 0 Å². The van der Waals surface area contributed by atoms with Gasteiger partial charge < -0.3 is 20.7 Å². The summed E-state index contributed by atoms with van der Waals surface area (Å²) in [5.74, 6) is -0.557. The second kappa shape index (κ2) is 8.23. The molecule has 9 nitrogen and oxygen atoms in total. The largest absolute Gasteiger partial charge is 0.468 e. The number of esters is 1. The molecule has 0 aromatic heterocycles. The predicted molar refractivity (Wildman–Crippen MR) is 85.2 cm³/mol. The minimum absolute atomic E-state index is 0.0595. The Kier molecular flexibility index (Phi) is 6.31. The van der Waals surface area contributed by atoms with Crippen LogP contribution in [0.4, 0.5) is 0 Å². The van der Waals surface area contributed by atoms with E-state index in [2.05, 4.69) is 5.32 Å². The van der Waals surface area contributed by atoms with Crippen LogP contribution in [0.2, 0.25) is 0 Å². The summed E-state index contributed by atoms with van der Waals surface area (Å²) in [6.07, 6.45) is 0. The molecule has 23 heavy (non-hydrogen) atoms. The Bertz CT molecular complexity index is 444. The number of guanidine groups is 1. The van der Waals surface area contributed by atoms with E-state index in [-0.39, 0.29) is 18.3 Å². The molecule has 0 aromatic rings. The molecule has 0 bridgehead atoms. The van der Waals surface area contributed by atoms with Crippen molar-refractivity contribution in [2.24, 2.45) is 5.73 Å². The van der Waals surface area contributed by atoms with Crippen molar-refractivity contribution in [1.29, 1.82) is 5.41 Å². The van der Waals surface area contributed by atoms with Crippen LogP contribution in [0.5, 0.6) is 0 Å². The zero-order chi connectivity index (χ0) is 16.8. The van der Waals surface area contributed by atoms with Gasteiger partial charge in [0, 0.05) is 52.4 Å². The van der Waals surface area contributed by atoms with Gasteiger partial charge in [0.2, 0.25) is 0 Å². The maximum atomic E-state index is 12.6. The van der Waals surface area contributed by atoms with Crippen LogP contribution in [0.15, 0.2) is 0 Å². The number of methoxy groups -OCH3 is 1. The Morgan fingerprint density at radius 1 is 1.17 bits per heavy atom. The van der Waals surface area contributed by atoms with Crippen LogP contribution < -0.4 is 11.1 Å². The standard InChI is InChI=1S/C14H26N6O3/c1-23-13(22)12(19-4-2-17-3-5-19)11(21)10-18-6-8-20(9-7-18)14(15)16/h12,17H,2-10H2,1H3,(H3,15,16). The maximum Gasteiger partial charge on any atom is 0.330 e. The fourth-order valence-electron chi connectivity index (χ4n) is 2.99. The molecule has 1 unspecified atom stereocenters. The first-order valence-electron chi connectivity index (χ1n) is 7.89. The van der Waals surface area contributed by atoms with Crippen LogP contribution in [-0.2, 0) is 14.3 Å². The van der Waals surface area contributed by atoms with Crippen LogP contribution >= 0.6 is 0 Å². The van der Waals surface area contributed by atoms with Crippen LogP contribution in [-0.4, -0.2) is 104 Å². The Balaban J connectivity index is 1.92. The molecule has 0 saturated carbocycles. The van der Waals surface area contributed by atoms with Crippen LogP contribution in [0.3, 0.4) is 0 Å². The van der Waals surface area contributed by atoms with E-state index in [9.17, 15) is 9.59 Å². The summed E-state index contributed by atoms with van der Waals surface area (Å²) >= 11 is 0. The van der Waals surface area contributed by atoms with Crippen molar-refractivity contribution >= 4 is 17.7 Å². The van der Waals surface area contributed by atoms with Gasteiger partial charge in [0.15, 0.2) is 17.8 Å². The highest BCUT2D eigenvalue weighted by Crippen LogP contribution is 2.08. The average Bonchev–Trinajstić information content (AvgIpc) is 2.56. The molecule has 130 valence electrons. The first-order valence-corrected chi connectivity index (χ1v) is 7.89. The van der Waals surface area contributed by atoms with Crippen LogP contribution in [0.25, 0.3) is 0 Å². The van der Waals surface area contributed by atoms with Crippen molar-refractivity contribution in [3.8, 4) is 0 Å². The van der Waals surface area contributed by atoms with Crippen LogP contribution in [0.1, 0.15) is 0 Å². The third-order valence-corrected chi connectivity index (χ3v) is 4.34. The summed E-state index contributed by atoms with van der Waals surface area (Å²) in [5.41, 5.74) is 5.47. The molecule has 2 rings (SSSR count). The van der Waals surface area contributed by atoms with Gasteiger partial charge in [0.05, 0.1) is 13.7 Å². The van der Waals surface area contributed by atoms with Crippen molar-refractivity contribution in [2.75, 3.05) is 66.0 Å². The minimum atomic E-state index is -0.826. The summed E-state index contributed by atoms with van der Waals surface area (Å²) in [4.78, 5) is 30.4. The number of piperazine rings is 2. The number of hydrogen-bond donors (Lipinski definition) is 3. The van der Waals surface area contributed by atoms with Crippen molar-refractivity contribution in [2.45, 2.75) is 6.04 Å². The smallest absolute Gasteiger partial charge is 0.330 e. The van der Waals surface area contributed by atoms with E-state index >= 15 is 0 Å². The summed E-state index contributed by atoms with van der Waals surface area (Å²) in [6, 6.07) is -0.826. The molecule has 9 heteroatoms. The third kappa shape index (κ3) is 4.63. The first kappa shape index (κ1) is 17.6. The molecule has 0 amide bonds.